The fourth-order valence-corrected chi connectivity index (χ4v) is 2.68. The number of hydrogen-bond donors (Lipinski definition) is 1. The molecule has 2 aromatic rings. The molecule has 0 radical (unpaired) electrons. The van der Waals surface area contributed by atoms with Gasteiger partial charge in [0.05, 0.1) is 21.4 Å². The fraction of sp³-hybridized carbons (Fsp3) is 0.438. The van der Waals surface area contributed by atoms with Crippen LogP contribution in [0.25, 0.3) is 5.69 Å². The van der Waals surface area contributed by atoms with Crippen molar-refractivity contribution in [3.8, 4) is 5.69 Å². The van der Waals surface area contributed by atoms with Gasteiger partial charge in [-0.3, -0.25) is 0 Å². The molecule has 5 heteroatoms. The summed E-state index contributed by atoms with van der Waals surface area (Å²) in [5.74, 6) is 0. The maximum atomic E-state index is 6.10. The summed E-state index contributed by atoms with van der Waals surface area (Å²) in [5.41, 5.74) is 4.43. The lowest BCUT2D eigenvalue weighted by Gasteiger charge is -2.09. The van der Waals surface area contributed by atoms with Crippen molar-refractivity contribution in [1.29, 1.82) is 0 Å². The average molecular weight is 326 g/mol. The van der Waals surface area contributed by atoms with Gasteiger partial charge in [0, 0.05) is 11.7 Å². The maximum Gasteiger partial charge on any atom is 0.0664 e. The third-order valence-corrected chi connectivity index (χ3v) is 4.26. The van der Waals surface area contributed by atoms with E-state index in [0.29, 0.717) is 16.1 Å². The van der Waals surface area contributed by atoms with Crippen molar-refractivity contribution in [3.05, 3.63) is 45.2 Å². The SMILES string of the molecule is Cc1nn(-c2ccc(Cl)c(Cl)c2)c(C)c1CCNC(C)C. The van der Waals surface area contributed by atoms with Gasteiger partial charge < -0.3 is 5.32 Å². The second-order valence-corrected chi connectivity index (χ2v) is 6.33. The molecule has 2 rings (SSSR count). The van der Waals surface area contributed by atoms with E-state index in [2.05, 4.69) is 31.2 Å². The second-order valence-electron chi connectivity index (χ2n) is 5.52. The first-order valence-electron chi connectivity index (χ1n) is 7.14. The summed E-state index contributed by atoms with van der Waals surface area (Å²) in [4.78, 5) is 0. The summed E-state index contributed by atoms with van der Waals surface area (Å²) in [6.45, 7) is 9.39. The van der Waals surface area contributed by atoms with E-state index in [1.165, 1.54) is 5.56 Å². The van der Waals surface area contributed by atoms with Crippen molar-refractivity contribution >= 4 is 23.2 Å². The van der Waals surface area contributed by atoms with Gasteiger partial charge >= 0.3 is 0 Å². The molecule has 1 aromatic carbocycles. The first-order valence-corrected chi connectivity index (χ1v) is 7.89. The number of hydrogen-bond acceptors (Lipinski definition) is 2. The first kappa shape index (κ1) is 16.3. The highest BCUT2D eigenvalue weighted by molar-refractivity contribution is 6.42. The van der Waals surface area contributed by atoms with Crippen molar-refractivity contribution in [1.82, 2.24) is 15.1 Å². The number of nitrogens with zero attached hydrogens (tertiary/aromatic N) is 2. The Balaban J connectivity index is 2.27. The van der Waals surface area contributed by atoms with Gasteiger partial charge in [0.15, 0.2) is 0 Å². The Hall–Kier alpha value is -1.03. The molecule has 0 aliphatic heterocycles. The molecular weight excluding hydrogens is 305 g/mol. The molecule has 0 bridgehead atoms. The second kappa shape index (κ2) is 6.82. The van der Waals surface area contributed by atoms with Crippen LogP contribution in [0.2, 0.25) is 10.0 Å². The molecule has 1 N–H and O–H groups in total. The normalized spacial score (nSPS) is 11.4. The number of halogens is 2. The van der Waals surface area contributed by atoms with Crippen molar-refractivity contribution in [2.75, 3.05) is 6.54 Å². The Kier molecular flexibility index (Phi) is 5.31. The highest BCUT2D eigenvalue weighted by Gasteiger charge is 2.13. The van der Waals surface area contributed by atoms with Crippen LogP contribution in [0, 0.1) is 13.8 Å². The van der Waals surface area contributed by atoms with Crippen LogP contribution >= 0.6 is 23.2 Å². The van der Waals surface area contributed by atoms with Crippen LogP contribution in [0.5, 0.6) is 0 Å². The molecule has 1 aromatic heterocycles. The zero-order chi connectivity index (χ0) is 15.6. The van der Waals surface area contributed by atoms with E-state index in [1.54, 1.807) is 6.07 Å². The Morgan fingerprint density at radius 1 is 1.19 bits per heavy atom. The van der Waals surface area contributed by atoms with Crippen LogP contribution in [-0.2, 0) is 6.42 Å². The molecular formula is C16H21Cl2N3. The lowest BCUT2D eigenvalue weighted by molar-refractivity contribution is 0.589. The van der Waals surface area contributed by atoms with E-state index in [9.17, 15) is 0 Å². The van der Waals surface area contributed by atoms with Gasteiger partial charge in [0.25, 0.3) is 0 Å². The van der Waals surface area contributed by atoms with E-state index < -0.39 is 0 Å². The van der Waals surface area contributed by atoms with E-state index in [1.807, 2.05) is 23.7 Å². The standard InChI is InChI=1S/C16H21Cl2N3/c1-10(2)19-8-7-14-11(3)20-21(12(14)4)13-5-6-15(17)16(18)9-13/h5-6,9-10,19H,7-8H2,1-4H3. The quantitative estimate of drug-likeness (QED) is 0.886. The van der Waals surface area contributed by atoms with Gasteiger partial charge in [0.2, 0.25) is 0 Å². The molecule has 0 aliphatic rings. The highest BCUT2D eigenvalue weighted by Crippen LogP contribution is 2.26. The monoisotopic (exact) mass is 325 g/mol. The van der Waals surface area contributed by atoms with Crippen LogP contribution in [0.3, 0.4) is 0 Å². The largest absolute Gasteiger partial charge is 0.314 e. The fourth-order valence-electron chi connectivity index (χ4n) is 2.39. The van der Waals surface area contributed by atoms with Gasteiger partial charge in [-0.1, -0.05) is 37.0 Å². The molecule has 0 unspecified atom stereocenters. The minimum absolute atomic E-state index is 0.496. The van der Waals surface area contributed by atoms with E-state index in [4.69, 9.17) is 23.2 Å². The molecule has 0 atom stereocenters. The van der Waals surface area contributed by atoms with Gasteiger partial charge in [-0.25, -0.2) is 4.68 Å². The molecule has 0 fully saturated rings. The average Bonchev–Trinajstić information content (AvgIpc) is 2.69. The maximum absolute atomic E-state index is 6.10. The predicted molar refractivity (Wildman–Crippen MR) is 89.9 cm³/mol. The molecule has 0 spiro atoms. The first-order chi connectivity index (χ1) is 9.90. The third kappa shape index (κ3) is 3.79. The van der Waals surface area contributed by atoms with Gasteiger partial charge in [-0.15, -0.1) is 0 Å². The van der Waals surface area contributed by atoms with Gasteiger partial charge in [-0.05, 0) is 50.6 Å². The lowest BCUT2D eigenvalue weighted by atomic mass is 10.1. The predicted octanol–water partition coefficient (Wildman–Crippen LogP) is 4.34. The number of aryl methyl sites for hydroxylation is 1. The van der Waals surface area contributed by atoms with E-state index >= 15 is 0 Å². The zero-order valence-electron chi connectivity index (χ0n) is 12.9. The van der Waals surface area contributed by atoms with Crippen molar-refractivity contribution in [2.24, 2.45) is 0 Å². The molecule has 3 nitrogen and oxygen atoms in total. The summed E-state index contributed by atoms with van der Waals surface area (Å²) < 4.78 is 1.93. The van der Waals surface area contributed by atoms with Crippen molar-refractivity contribution < 1.29 is 0 Å². The number of benzene rings is 1. The molecule has 0 saturated heterocycles. The Labute approximate surface area is 136 Å². The molecule has 0 saturated carbocycles. The summed E-state index contributed by atoms with van der Waals surface area (Å²) in [7, 11) is 0. The third-order valence-electron chi connectivity index (χ3n) is 3.52. The minimum atomic E-state index is 0.496. The lowest BCUT2D eigenvalue weighted by Crippen LogP contribution is -2.25. The van der Waals surface area contributed by atoms with Gasteiger partial charge in [0.1, 0.15) is 0 Å². The molecule has 0 amide bonds. The molecule has 0 aliphatic carbocycles. The van der Waals surface area contributed by atoms with Crippen molar-refractivity contribution in [2.45, 2.75) is 40.2 Å². The van der Waals surface area contributed by atoms with E-state index in [0.717, 1.165) is 30.0 Å². The van der Waals surface area contributed by atoms with Crippen LogP contribution < -0.4 is 5.32 Å². The number of aromatic nitrogens is 2. The molecule has 1 heterocycles. The topological polar surface area (TPSA) is 29.9 Å². The Morgan fingerprint density at radius 3 is 2.52 bits per heavy atom. The minimum Gasteiger partial charge on any atom is -0.314 e. The van der Waals surface area contributed by atoms with Crippen LogP contribution in [0.4, 0.5) is 0 Å². The Morgan fingerprint density at radius 2 is 1.90 bits per heavy atom. The van der Waals surface area contributed by atoms with Crippen LogP contribution in [0.1, 0.15) is 30.8 Å². The van der Waals surface area contributed by atoms with Gasteiger partial charge in [-0.2, -0.15) is 5.10 Å². The summed E-state index contributed by atoms with van der Waals surface area (Å²) in [5, 5.41) is 9.18. The highest BCUT2D eigenvalue weighted by atomic mass is 35.5. The summed E-state index contributed by atoms with van der Waals surface area (Å²) in [6, 6.07) is 6.08. The smallest absolute Gasteiger partial charge is 0.0664 e. The number of rotatable bonds is 5. The molecule has 21 heavy (non-hydrogen) atoms. The Bertz CT molecular complexity index is 633. The zero-order valence-corrected chi connectivity index (χ0v) is 14.4. The number of nitrogens with one attached hydrogen (secondary N) is 1. The van der Waals surface area contributed by atoms with E-state index in [-0.39, 0.29) is 0 Å². The summed E-state index contributed by atoms with van der Waals surface area (Å²) >= 11 is 12.1. The summed E-state index contributed by atoms with van der Waals surface area (Å²) in [6.07, 6.45) is 0.969. The van der Waals surface area contributed by atoms with Crippen molar-refractivity contribution in [3.63, 3.8) is 0 Å². The molecule has 114 valence electrons. The van der Waals surface area contributed by atoms with Crippen LogP contribution in [0.15, 0.2) is 18.2 Å². The van der Waals surface area contributed by atoms with Crippen LogP contribution in [-0.4, -0.2) is 22.4 Å².